The second-order valence-electron chi connectivity index (χ2n) is 4.98. The Balaban J connectivity index is 2.20. The first-order valence-corrected chi connectivity index (χ1v) is 7.74. The minimum atomic E-state index is -4.45. The number of benzene rings is 1. The molecule has 1 aliphatic heterocycles. The van der Waals surface area contributed by atoms with Crippen molar-refractivity contribution in [2.24, 2.45) is 0 Å². The Hall–Kier alpha value is -1.03. The van der Waals surface area contributed by atoms with E-state index in [9.17, 15) is 18.0 Å². The Labute approximate surface area is 139 Å². The number of alkyl halides is 3. The lowest BCUT2D eigenvalue weighted by atomic mass is 10.1. The molecular formula is C14H15F3INO3. The summed E-state index contributed by atoms with van der Waals surface area (Å²) in [5.74, 6) is -0.392. The molecule has 1 fully saturated rings. The van der Waals surface area contributed by atoms with Gasteiger partial charge in [-0.1, -0.05) is 0 Å². The summed E-state index contributed by atoms with van der Waals surface area (Å²) in [6, 6.07) is 4.59. The standard InChI is InChI=1S/C14H15F3INO3/c1-9-7-19(4-5-21-9)13(20)11-3-2-10(18)6-12(11)22-8-14(15,16)17/h2-3,6,9H,4-5,7-8H2,1H3/t9-/m1/s1. The third-order valence-electron chi connectivity index (χ3n) is 3.09. The number of halogens is 4. The van der Waals surface area contributed by atoms with Gasteiger partial charge in [-0.15, -0.1) is 0 Å². The van der Waals surface area contributed by atoms with Crippen LogP contribution in [-0.2, 0) is 4.74 Å². The summed E-state index contributed by atoms with van der Waals surface area (Å²) in [4.78, 5) is 14.1. The highest BCUT2D eigenvalue weighted by atomic mass is 127. The van der Waals surface area contributed by atoms with E-state index < -0.39 is 12.8 Å². The number of morpholine rings is 1. The fourth-order valence-electron chi connectivity index (χ4n) is 2.13. The maximum Gasteiger partial charge on any atom is 0.422 e. The molecule has 1 saturated heterocycles. The maximum absolute atomic E-state index is 12.5. The lowest BCUT2D eigenvalue weighted by molar-refractivity contribution is -0.153. The average Bonchev–Trinajstić information content (AvgIpc) is 2.44. The molecule has 122 valence electrons. The molecule has 0 saturated carbocycles. The molecule has 22 heavy (non-hydrogen) atoms. The summed E-state index contributed by atoms with van der Waals surface area (Å²) < 4.78 is 47.9. The topological polar surface area (TPSA) is 38.8 Å². The number of rotatable bonds is 3. The summed E-state index contributed by atoms with van der Waals surface area (Å²) in [7, 11) is 0. The van der Waals surface area contributed by atoms with Crippen LogP contribution >= 0.6 is 22.6 Å². The van der Waals surface area contributed by atoms with Crippen LogP contribution in [0.15, 0.2) is 18.2 Å². The van der Waals surface area contributed by atoms with Crippen molar-refractivity contribution in [2.75, 3.05) is 26.3 Å². The van der Waals surface area contributed by atoms with E-state index in [-0.39, 0.29) is 23.3 Å². The van der Waals surface area contributed by atoms with Gasteiger partial charge < -0.3 is 14.4 Å². The zero-order valence-corrected chi connectivity index (χ0v) is 14.0. The Morgan fingerprint density at radius 3 is 2.86 bits per heavy atom. The van der Waals surface area contributed by atoms with Crippen LogP contribution in [0.2, 0.25) is 0 Å². The minimum absolute atomic E-state index is 0.0478. The van der Waals surface area contributed by atoms with E-state index in [1.165, 1.54) is 12.1 Å². The number of amides is 1. The molecule has 0 aromatic heterocycles. The van der Waals surface area contributed by atoms with Gasteiger partial charge in [-0.05, 0) is 47.7 Å². The molecule has 0 aliphatic carbocycles. The van der Waals surface area contributed by atoms with Crippen molar-refractivity contribution in [1.82, 2.24) is 4.90 Å². The predicted molar refractivity (Wildman–Crippen MR) is 82.0 cm³/mol. The third kappa shape index (κ3) is 4.73. The van der Waals surface area contributed by atoms with Crippen molar-refractivity contribution in [1.29, 1.82) is 0 Å². The lowest BCUT2D eigenvalue weighted by Crippen LogP contribution is -2.44. The molecule has 1 aromatic rings. The smallest absolute Gasteiger partial charge is 0.422 e. The SMILES string of the molecule is C[C@@H]1CN(C(=O)c2ccc(I)cc2OCC(F)(F)F)CCO1. The van der Waals surface area contributed by atoms with E-state index in [1.54, 1.807) is 11.0 Å². The van der Waals surface area contributed by atoms with Crippen LogP contribution < -0.4 is 4.74 Å². The van der Waals surface area contributed by atoms with Gasteiger partial charge >= 0.3 is 6.18 Å². The number of ether oxygens (including phenoxy) is 2. The van der Waals surface area contributed by atoms with Crippen molar-refractivity contribution in [3.05, 3.63) is 27.3 Å². The first kappa shape index (κ1) is 17.3. The molecule has 1 atom stereocenters. The van der Waals surface area contributed by atoms with Gasteiger partial charge in [-0.3, -0.25) is 4.79 Å². The van der Waals surface area contributed by atoms with Crippen molar-refractivity contribution in [2.45, 2.75) is 19.2 Å². The van der Waals surface area contributed by atoms with Gasteiger partial charge in [0.1, 0.15) is 5.75 Å². The Kier molecular flexibility index (Phi) is 5.54. The van der Waals surface area contributed by atoms with Crippen LogP contribution in [0.1, 0.15) is 17.3 Å². The Bertz CT molecular complexity index is 551. The number of nitrogens with zero attached hydrogens (tertiary/aromatic N) is 1. The Morgan fingerprint density at radius 1 is 1.50 bits per heavy atom. The molecule has 0 spiro atoms. The molecule has 1 aliphatic rings. The number of carbonyl (C=O) groups excluding carboxylic acids is 1. The van der Waals surface area contributed by atoms with Crippen LogP contribution in [-0.4, -0.2) is 49.4 Å². The quantitative estimate of drug-likeness (QED) is 0.694. The monoisotopic (exact) mass is 429 g/mol. The first-order chi connectivity index (χ1) is 10.3. The minimum Gasteiger partial charge on any atom is -0.483 e. The molecule has 2 rings (SSSR count). The molecule has 8 heteroatoms. The molecule has 0 radical (unpaired) electrons. The van der Waals surface area contributed by atoms with Gasteiger partial charge in [0.2, 0.25) is 0 Å². The summed E-state index contributed by atoms with van der Waals surface area (Å²) in [5, 5.41) is 0. The zero-order valence-electron chi connectivity index (χ0n) is 11.8. The van der Waals surface area contributed by atoms with Gasteiger partial charge in [0.25, 0.3) is 5.91 Å². The third-order valence-corrected chi connectivity index (χ3v) is 3.76. The van der Waals surface area contributed by atoms with Gasteiger partial charge in [-0.25, -0.2) is 0 Å². The summed E-state index contributed by atoms with van der Waals surface area (Å²) in [6.45, 7) is 1.65. The van der Waals surface area contributed by atoms with Crippen LogP contribution in [0.4, 0.5) is 13.2 Å². The van der Waals surface area contributed by atoms with E-state index in [2.05, 4.69) is 0 Å². The second kappa shape index (κ2) is 7.03. The summed E-state index contributed by atoms with van der Waals surface area (Å²) in [6.07, 6.45) is -4.55. The molecule has 4 nitrogen and oxygen atoms in total. The van der Waals surface area contributed by atoms with Crippen molar-refractivity contribution >= 4 is 28.5 Å². The Morgan fingerprint density at radius 2 is 2.23 bits per heavy atom. The number of hydrogen-bond donors (Lipinski definition) is 0. The van der Waals surface area contributed by atoms with E-state index in [0.29, 0.717) is 23.3 Å². The van der Waals surface area contributed by atoms with Crippen LogP contribution in [0.3, 0.4) is 0 Å². The van der Waals surface area contributed by atoms with Crippen LogP contribution in [0, 0.1) is 3.57 Å². The fourth-order valence-corrected chi connectivity index (χ4v) is 2.59. The normalized spacial score (nSPS) is 19.1. The fraction of sp³-hybridized carbons (Fsp3) is 0.500. The van der Waals surface area contributed by atoms with E-state index in [0.717, 1.165) is 0 Å². The van der Waals surface area contributed by atoms with Gasteiger partial charge in [0, 0.05) is 16.7 Å². The van der Waals surface area contributed by atoms with Crippen molar-refractivity contribution in [3.8, 4) is 5.75 Å². The van der Waals surface area contributed by atoms with Gasteiger partial charge in [0.15, 0.2) is 6.61 Å². The average molecular weight is 429 g/mol. The number of carbonyl (C=O) groups is 1. The van der Waals surface area contributed by atoms with Crippen molar-refractivity contribution in [3.63, 3.8) is 0 Å². The molecule has 0 unspecified atom stereocenters. The van der Waals surface area contributed by atoms with Crippen LogP contribution in [0.5, 0.6) is 5.75 Å². The molecule has 0 bridgehead atoms. The lowest BCUT2D eigenvalue weighted by Gasteiger charge is -2.31. The zero-order chi connectivity index (χ0) is 16.3. The second-order valence-corrected chi connectivity index (χ2v) is 6.22. The maximum atomic E-state index is 12.5. The summed E-state index contributed by atoms with van der Waals surface area (Å²) in [5.41, 5.74) is 0.138. The molecule has 0 N–H and O–H groups in total. The van der Waals surface area contributed by atoms with E-state index in [1.807, 2.05) is 29.5 Å². The summed E-state index contributed by atoms with van der Waals surface area (Å²) >= 11 is 1.96. The first-order valence-electron chi connectivity index (χ1n) is 6.66. The highest BCUT2D eigenvalue weighted by Gasteiger charge is 2.30. The molecule has 1 aromatic carbocycles. The molecule has 1 heterocycles. The number of hydrogen-bond acceptors (Lipinski definition) is 3. The van der Waals surface area contributed by atoms with Gasteiger partial charge in [0.05, 0.1) is 18.3 Å². The van der Waals surface area contributed by atoms with E-state index >= 15 is 0 Å². The van der Waals surface area contributed by atoms with Gasteiger partial charge in [-0.2, -0.15) is 13.2 Å². The highest BCUT2D eigenvalue weighted by Crippen LogP contribution is 2.26. The van der Waals surface area contributed by atoms with Crippen molar-refractivity contribution < 1.29 is 27.4 Å². The van der Waals surface area contributed by atoms with Crippen LogP contribution in [0.25, 0.3) is 0 Å². The molecular weight excluding hydrogens is 414 g/mol. The molecule has 1 amide bonds. The van der Waals surface area contributed by atoms with E-state index in [4.69, 9.17) is 9.47 Å². The largest absolute Gasteiger partial charge is 0.483 e. The highest BCUT2D eigenvalue weighted by molar-refractivity contribution is 14.1. The predicted octanol–water partition coefficient (Wildman–Crippen LogP) is 3.09.